The average molecular weight is 197 g/mol. The number of hydrogen-bond donors (Lipinski definition) is 0. The standard InChI is InChI=1S/C13H27N/c1-4-9-14(10-5-2)13(6-3)11-12-7-8-12/h12-13H,4-11H2,1-3H3. The van der Waals surface area contributed by atoms with Gasteiger partial charge >= 0.3 is 0 Å². The van der Waals surface area contributed by atoms with Gasteiger partial charge in [-0.05, 0) is 44.7 Å². The predicted molar refractivity (Wildman–Crippen MR) is 63.6 cm³/mol. The third-order valence-electron chi connectivity index (χ3n) is 3.31. The summed E-state index contributed by atoms with van der Waals surface area (Å²) in [7, 11) is 0. The molecule has 1 aliphatic carbocycles. The normalized spacial score (nSPS) is 18.9. The lowest BCUT2D eigenvalue weighted by Crippen LogP contribution is -2.36. The Labute approximate surface area is 89.9 Å². The van der Waals surface area contributed by atoms with Crippen molar-refractivity contribution in [3.05, 3.63) is 0 Å². The molecule has 1 heteroatoms. The molecule has 14 heavy (non-hydrogen) atoms. The van der Waals surface area contributed by atoms with Gasteiger partial charge in [0.15, 0.2) is 0 Å². The fourth-order valence-corrected chi connectivity index (χ4v) is 2.36. The van der Waals surface area contributed by atoms with Crippen LogP contribution in [0.1, 0.15) is 59.3 Å². The van der Waals surface area contributed by atoms with Crippen LogP contribution in [0.4, 0.5) is 0 Å². The van der Waals surface area contributed by atoms with Crippen LogP contribution in [0.25, 0.3) is 0 Å². The van der Waals surface area contributed by atoms with E-state index in [0.717, 1.165) is 12.0 Å². The molecule has 0 aromatic rings. The topological polar surface area (TPSA) is 3.24 Å². The van der Waals surface area contributed by atoms with E-state index in [-0.39, 0.29) is 0 Å². The lowest BCUT2D eigenvalue weighted by molar-refractivity contribution is 0.176. The Balaban J connectivity index is 2.33. The van der Waals surface area contributed by atoms with Crippen molar-refractivity contribution in [2.24, 2.45) is 5.92 Å². The van der Waals surface area contributed by atoms with Crippen molar-refractivity contribution in [1.82, 2.24) is 4.90 Å². The molecule has 1 unspecified atom stereocenters. The molecule has 0 aliphatic heterocycles. The largest absolute Gasteiger partial charge is 0.300 e. The minimum absolute atomic E-state index is 0.877. The van der Waals surface area contributed by atoms with E-state index in [1.54, 1.807) is 0 Å². The van der Waals surface area contributed by atoms with Crippen LogP contribution in [0.3, 0.4) is 0 Å². The molecule has 84 valence electrons. The highest BCUT2D eigenvalue weighted by Gasteiger charge is 2.27. The van der Waals surface area contributed by atoms with Crippen molar-refractivity contribution in [1.29, 1.82) is 0 Å². The Hall–Kier alpha value is -0.0400. The highest BCUT2D eigenvalue weighted by Crippen LogP contribution is 2.35. The second-order valence-corrected chi connectivity index (χ2v) is 4.78. The van der Waals surface area contributed by atoms with Gasteiger partial charge in [-0.25, -0.2) is 0 Å². The van der Waals surface area contributed by atoms with Gasteiger partial charge in [-0.3, -0.25) is 0 Å². The zero-order valence-electron chi connectivity index (χ0n) is 10.3. The van der Waals surface area contributed by atoms with Gasteiger partial charge in [0.2, 0.25) is 0 Å². The maximum atomic E-state index is 2.72. The predicted octanol–water partition coefficient (Wildman–Crippen LogP) is 3.69. The van der Waals surface area contributed by atoms with Crippen LogP contribution in [-0.4, -0.2) is 24.0 Å². The smallest absolute Gasteiger partial charge is 0.00952 e. The first-order valence-corrected chi connectivity index (χ1v) is 6.55. The number of hydrogen-bond acceptors (Lipinski definition) is 1. The van der Waals surface area contributed by atoms with E-state index in [0.29, 0.717) is 0 Å². The summed E-state index contributed by atoms with van der Waals surface area (Å²) in [6, 6.07) is 0.877. The van der Waals surface area contributed by atoms with Crippen LogP contribution in [0.2, 0.25) is 0 Å². The van der Waals surface area contributed by atoms with E-state index in [1.165, 1.54) is 51.6 Å². The van der Waals surface area contributed by atoms with Gasteiger partial charge in [0.25, 0.3) is 0 Å². The van der Waals surface area contributed by atoms with Crippen molar-refractivity contribution < 1.29 is 0 Å². The second-order valence-electron chi connectivity index (χ2n) is 4.78. The zero-order chi connectivity index (χ0) is 10.4. The van der Waals surface area contributed by atoms with E-state index < -0.39 is 0 Å². The lowest BCUT2D eigenvalue weighted by Gasteiger charge is -2.30. The molecule has 1 atom stereocenters. The van der Waals surface area contributed by atoms with Gasteiger partial charge in [-0.2, -0.15) is 0 Å². The molecular formula is C13H27N. The van der Waals surface area contributed by atoms with Gasteiger partial charge in [-0.1, -0.05) is 33.6 Å². The van der Waals surface area contributed by atoms with E-state index in [2.05, 4.69) is 25.7 Å². The van der Waals surface area contributed by atoms with Gasteiger partial charge in [0, 0.05) is 6.04 Å². The Bertz CT molecular complexity index is 134. The zero-order valence-corrected chi connectivity index (χ0v) is 10.3. The van der Waals surface area contributed by atoms with E-state index >= 15 is 0 Å². The molecule has 1 nitrogen and oxygen atoms in total. The Morgan fingerprint density at radius 2 is 1.64 bits per heavy atom. The third-order valence-corrected chi connectivity index (χ3v) is 3.31. The van der Waals surface area contributed by atoms with E-state index in [4.69, 9.17) is 0 Å². The molecule has 1 saturated carbocycles. The van der Waals surface area contributed by atoms with E-state index in [1.807, 2.05) is 0 Å². The van der Waals surface area contributed by atoms with Crippen LogP contribution >= 0.6 is 0 Å². The number of nitrogens with zero attached hydrogens (tertiary/aromatic N) is 1. The summed E-state index contributed by atoms with van der Waals surface area (Å²) in [5.74, 6) is 1.08. The Morgan fingerprint density at radius 1 is 1.07 bits per heavy atom. The molecule has 1 aliphatic rings. The first kappa shape index (κ1) is 12.0. The van der Waals surface area contributed by atoms with Crippen molar-refractivity contribution in [3.63, 3.8) is 0 Å². The molecule has 0 radical (unpaired) electrons. The van der Waals surface area contributed by atoms with Crippen molar-refractivity contribution in [3.8, 4) is 0 Å². The summed E-state index contributed by atoms with van der Waals surface area (Å²) in [5.41, 5.74) is 0. The number of rotatable bonds is 8. The molecule has 1 rings (SSSR count). The quantitative estimate of drug-likeness (QED) is 0.573. The molecule has 0 bridgehead atoms. The molecule has 0 N–H and O–H groups in total. The first-order valence-electron chi connectivity index (χ1n) is 6.55. The monoisotopic (exact) mass is 197 g/mol. The summed E-state index contributed by atoms with van der Waals surface area (Å²) in [6.45, 7) is 9.56. The van der Waals surface area contributed by atoms with Crippen LogP contribution in [0.5, 0.6) is 0 Å². The Morgan fingerprint density at radius 3 is 2.00 bits per heavy atom. The second kappa shape index (κ2) is 6.44. The third kappa shape index (κ3) is 4.00. The summed E-state index contributed by atoms with van der Waals surface area (Å²) in [4.78, 5) is 2.72. The van der Waals surface area contributed by atoms with Crippen molar-refractivity contribution in [2.45, 2.75) is 65.3 Å². The summed E-state index contributed by atoms with van der Waals surface area (Å²) >= 11 is 0. The molecule has 1 fully saturated rings. The molecule has 0 heterocycles. The van der Waals surface area contributed by atoms with Crippen LogP contribution in [-0.2, 0) is 0 Å². The molecule has 0 amide bonds. The molecule has 0 aromatic carbocycles. The average Bonchev–Trinajstić information content (AvgIpc) is 2.98. The molecule has 0 spiro atoms. The Kier molecular flexibility index (Phi) is 5.54. The fourth-order valence-electron chi connectivity index (χ4n) is 2.36. The van der Waals surface area contributed by atoms with Crippen molar-refractivity contribution in [2.75, 3.05) is 13.1 Å². The summed E-state index contributed by atoms with van der Waals surface area (Å²) in [5, 5.41) is 0. The maximum Gasteiger partial charge on any atom is 0.00952 e. The van der Waals surface area contributed by atoms with Gasteiger partial charge in [0.1, 0.15) is 0 Å². The minimum atomic E-state index is 0.877. The van der Waals surface area contributed by atoms with Crippen molar-refractivity contribution >= 4 is 0 Å². The lowest BCUT2D eigenvalue weighted by atomic mass is 10.1. The molecule has 0 saturated heterocycles. The summed E-state index contributed by atoms with van der Waals surface area (Å²) in [6.07, 6.45) is 8.43. The van der Waals surface area contributed by atoms with Gasteiger partial charge in [0.05, 0.1) is 0 Å². The summed E-state index contributed by atoms with van der Waals surface area (Å²) < 4.78 is 0. The van der Waals surface area contributed by atoms with E-state index in [9.17, 15) is 0 Å². The van der Waals surface area contributed by atoms with Crippen LogP contribution in [0.15, 0.2) is 0 Å². The van der Waals surface area contributed by atoms with Crippen LogP contribution < -0.4 is 0 Å². The fraction of sp³-hybridized carbons (Fsp3) is 1.00. The van der Waals surface area contributed by atoms with Crippen LogP contribution in [0, 0.1) is 5.92 Å². The minimum Gasteiger partial charge on any atom is -0.300 e. The maximum absolute atomic E-state index is 2.72. The SMILES string of the molecule is CCCN(CCC)C(CC)CC1CC1. The highest BCUT2D eigenvalue weighted by atomic mass is 15.1. The molecular weight excluding hydrogens is 170 g/mol. The first-order chi connectivity index (χ1) is 6.81. The van der Waals surface area contributed by atoms with Gasteiger partial charge < -0.3 is 4.90 Å². The molecule has 0 aromatic heterocycles. The van der Waals surface area contributed by atoms with Gasteiger partial charge in [-0.15, -0.1) is 0 Å². The highest BCUT2D eigenvalue weighted by molar-refractivity contribution is 4.81.